The van der Waals surface area contributed by atoms with Crippen molar-refractivity contribution in [2.75, 3.05) is 0 Å². The van der Waals surface area contributed by atoms with Gasteiger partial charge in [0.2, 0.25) is 5.78 Å². The van der Waals surface area contributed by atoms with Crippen molar-refractivity contribution in [3.8, 4) is 0 Å². The van der Waals surface area contributed by atoms with Crippen LogP contribution in [0.25, 0.3) is 0 Å². The maximum Gasteiger partial charge on any atom is 0.308 e. The van der Waals surface area contributed by atoms with Gasteiger partial charge in [0.05, 0.1) is 16.4 Å². The number of nitro groups is 1. The number of carbonyl (C=O) groups excluding carboxylic acids is 1. The van der Waals surface area contributed by atoms with E-state index in [1.807, 2.05) is 0 Å². The van der Waals surface area contributed by atoms with Crippen LogP contribution in [-0.4, -0.2) is 21.8 Å². The number of nitrogens with zero attached hydrogens (tertiary/aromatic N) is 1. The van der Waals surface area contributed by atoms with Crippen LogP contribution >= 0.6 is 23.2 Å². The summed E-state index contributed by atoms with van der Waals surface area (Å²) in [5, 5.41) is 20.5. The zero-order valence-corrected chi connectivity index (χ0v) is 13.0. The van der Waals surface area contributed by atoms with Crippen LogP contribution in [0.2, 0.25) is 10.0 Å². The van der Waals surface area contributed by atoms with Gasteiger partial charge in [-0.05, 0) is 24.3 Å². The minimum absolute atomic E-state index is 0.0478. The van der Waals surface area contributed by atoms with Crippen molar-refractivity contribution in [2.45, 2.75) is 6.42 Å². The molecule has 2 aromatic rings. The fraction of sp³-hybridized carbons (Fsp3) is 0.0667. The molecule has 0 saturated carbocycles. The number of carbonyl (C=O) groups is 2. The number of carboxylic acids is 1. The van der Waals surface area contributed by atoms with E-state index in [9.17, 15) is 19.7 Å². The molecular formula is C15H9Cl2NO5. The van der Waals surface area contributed by atoms with Gasteiger partial charge in [-0.1, -0.05) is 35.3 Å². The minimum atomic E-state index is -1.23. The van der Waals surface area contributed by atoms with E-state index in [0.717, 1.165) is 0 Å². The lowest BCUT2D eigenvalue weighted by molar-refractivity contribution is -0.385. The molecule has 23 heavy (non-hydrogen) atoms. The topological polar surface area (TPSA) is 97.5 Å². The van der Waals surface area contributed by atoms with Gasteiger partial charge in [0, 0.05) is 16.1 Å². The molecule has 0 unspecified atom stereocenters. The molecule has 0 aromatic heterocycles. The predicted molar refractivity (Wildman–Crippen MR) is 84.3 cm³/mol. The number of ketones is 1. The molecule has 1 N–H and O–H groups in total. The van der Waals surface area contributed by atoms with Crippen molar-refractivity contribution in [1.82, 2.24) is 0 Å². The first kappa shape index (κ1) is 16.9. The monoisotopic (exact) mass is 353 g/mol. The zero-order chi connectivity index (χ0) is 17.1. The summed E-state index contributed by atoms with van der Waals surface area (Å²) >= 11 is 11.7. The van der Waals surface area contributed by atoms with Crippen LogP contribution in [0, 0.1) is 10.1 Å². The summed E-state index contributed by atoms with van der Waals surface area (Å²) in [5.74, 6) is -1.91. The van der Waals surface area contributed by atoms with E-state index in [1.165, 1.54) is 36.4 Å². The lowest BCUT2D eigenvalue weighted by Gasteiger charge is -2.07. The summed E-state index contributed by atoms with van der Waals surface area (Å²) in [6, 6.07) is 8.10. The molecule has 0 aliphatic rings. The van der Waals surface area contributed by atoms with Gasteiger partial charge in [0.25, 0.3) is 5.69 Å². The van der Waals surface area contributed by atoms with Crippen LogP contribution in [0.3, 0.4) is 0 Å². The molecule has 2 rings (SSSR count). The van der Waals surface area contributed by atoms with E-state index in [-0.39, 0.29) is 21.7 Å². The Kier molecular flexibility index (Phi) is 4.98. The molecule has 6 nitrogen and oxygen atoms in total. The third-order valence-corrected chi connectivity index (χ3v) is 3.61. The van der Waals surface area contributed by atoms with Crippen LogP contribution in [0.4, 0.5) is 5.69 Å². The van der Waals surface area contributed by atoms with Crippen LogP contribution in [0.1, 0.15) is 21.5 Å². The highest BCUT2D eigenvalue weighted by molar-refractivity contribution is 6.37. The molecule has 0 fully saturated rings. The van der Waals surface area contributed by atoms with Crippen LogP contribution in [0.15, 0.2) is 36.4 Å². The number of para-hydroxylation sites is 1. The second kappa shape index (κ2) is 6.76. The number of hydrogen-bond acceptors (Lipinski definition) is 4. The summed E-state index contributed by atoms with van der Waals surface area (Å²) in [7, 11) is 0. The largest absolute Gasteiger partial charge is 0.481 e. The average Bonchev–Trinajstić information content (AvgIpc) is 2.45. The number of carboxylic acid groups (broad SMARTS) is 1. The summed E-state index contributed by atoms with van der Waals surface area (Å²) in [6.07, 6.45) is -0.564. The van der Waals surface area contributed by atoms with Crippen molar-refractivity contribution in [2.24, 2.45) is 0 Å². The van der Waals surface area contributed by atoms with Gasteiger partial charge >= 0.3 is 5.97 Å². The fourth-order valence-corrected chi connectivity index (χ4v) is 2.61. The van der Waals surface area contributed by atoms with E-state index < -0.39 is 28.8 Å². The second-order valence-electron chi connectivity index (χ2n) is 4.59. The third kappa shape index (κ3) is 3.67. The molecule has 0 amide bonds. The number of hydrogen-bond donors (Lipinski definition) is 1. The average molecular weight is 354 g/mol. The second-order valence-corrected chi connectivity index (χ2v) is 5.44. The molecule has 0 aliphatic heterocycles. The molecule has 0 radical (unpaired) electrons. The Balaban J connectivity index is 2.60. The lowest BCUT2D eigenvalue weighted by atomic mass is 9.97. The first-order valence-corrected chi connectivity index (χ1v) is 7.04. The van der Waals surface area contributed by atoms with Crippen molar-refractivity contribution < 1.29 is 19.6 Å². The normalized spacial score (nSPS) is 10.3. The van der Waals surface area contributed by atoms with Crippen LogP contribution in [-0.2, 0) is 11.2 Å². The van der Waals surface area contributed by atoms with E-state index in [1.54, 1.807) is 0 Å². The molecule has 0 bridgehead atoms. The molecule has 0 saturated heterocycles. The molecule has 0 heterocycles. The van der Waals surface area contributed by atoms with Gasteiger partial charge in [-0.15, -0.1) is 0 Å². The van der Waals surface area contributed by atoms with Crippen LogP contribution in [0.5, 0.6) is 0 Å². The number of rotatable bonds is 5. The minimum Gasteiger partial charge on any atom is -0.481 e. The Hall–Kier alpha value is -2.44. The summed E-state index contributed by atoms with van der Waals surface area (Å²) in [4.78, 5) is 33.9. The van der Waals surface area contributed by atoms with Crippen molar-refractivity contribution in [3.05, 3.63) is 73.2 Å². The van der Waals surface area contributed by atoms with Gasteiger partial charge in [-0.3, -0.25) is 19.7 Å². The highest BCUT2D eigenvalue weighted by Crippen LogP contribution is 2.30. The number of aliphatic carboxylic acids is 1. The molecular weight excluding hydrogens is 345 g/mol. The van der Waals surface area contributed by atoms with E-state index in [0.29, 0.717) is 5.02 Å². The van der Waals surface area contributed by atoms with Crippen molar-refractivity contribution in [3.63, 3.8) is 0 Å². The maximum atomic E-state index is 12.6. The third-order valence-electron chi connectivity index (χ3n) is 3.06. The Morgan fingerprint density at radius 2 is 1.83 bits per heavy atom. The summed E-state index contributed by atoms with van der Waals surface area (Å²) in [6.45, 7) is 0. The lowest BCUT2D eigenvalue weighted by Crippen LogP contribution is -2.10. The first-order chi connectivity index (χ1) is 10.8. The highest BCUT2D eigenvalue weighted by atomic mass is 35.5. The quantitative estimate of drug-likeness (QED) is 0.501. The molecule has 2 aromatic carbocycles. The maximum absolute atomic E-state index is 12.6. The number of nitro benzene ring substituents is 1. The van der Waals surface area contributed by atoms with Gasteiger partial charge in [0.1, 0.15) is 5.56 Å². The van der Waals surface area contributed by atoms with Crippen molar-refractivity contribution in [1.29, 1.82) is 0 Å². The molecule has 0 aliphatic carbocycles. The Bertz CT molecular complexity index is 820. The Labute approximate surface area is 140 Å². The van der Waals surface area contributed by atoms with E-state index in [2.05, 4.69) is 0 Å². The Morgan fingerprint density at radius 1 is 1.13 bits per heavy atom. The van der Waals surface area contributed by atoms with Gasteiger partial charge in [-0.25, -0.2) is 0 Å². The smallest absolute Gasteiger partial charge is 0.308 e. The van der Waals surface area contributed by atoms with Gasteiger partial charge in [-0.2, -0.15) is 0 Å². The highest BCUT2D eigenvalue weighted by Gasteiger charge is 2.27. The molecule has 118 valence electrons. The van der Waals surface area contributed by atoms with Gasteiger partial charge in [0.15, 0.2) is 0 Å². The standard InChI is InChI=1S/C15H9Cl2NO5/c16-9-4-5-10(12(17)7-9)15(21)11-3-1-2-8(6-13(19)20)14(11)18(22)23/h1-5,7H,6H2,(H,19,20). The van der Waals surface area contributed by atoms with Gasteiger partial charge < -0.3 is 5.11 Å². The predicted octanol–water partition coefficient (Wildman–Crippen LogP) is 3.76. The number of benzene rings is 2. The SMILES string of the molecule is O=C(O)Cc1cccc(C(=O)c2ccc(Cl)cc2Cl)c1[N+](=O)[O-]. The zero-order valence-electron chi connectivity index (χ0n) is 11.5. The fourth-order valence-electron chi connectivity index (χ4n) is 2.11. The Morgan fingerprint density at radius 3 is 2.39 bits per heavy atom. The first-order valence-electron chi connectivity index (χ1n) is 6.29. The summed E-state index contributed by atoms with van der Waals surface area (Å²) in [5.41, 5.74) is -0.769. The van der Waals surface area contributed by atoms with E-state index >= 15 is 0 Å². The van der Waals surface area contributed by atoms with Crippen molar-refractivity contribution >= 4 is 40.6 Å². The molecule has 0 atom stereocenters. The summed E-state index contributed by atoms with van der Waals surface area (Å²) < 4.78 is 0. The molecule has 8 heteroatoms. The molecule has 0 spiro atoms. The van der Waals surface area contributed by atoms with Crippen LogP contribution < -0.4 is 0 Å². The van der Waals surface area contributed by atoms with E-state index in [4.69, 9.17) is 28.3 Å². The number of halogens is 2.